The van der Waals surface area contributed by atoms with Gasteiger partial charge in [0.25, 0.3) is 0 Å². The normalized spacial score (nSPS) is 13.0. The number of fused-ring (bicyclic) bond motifs is 6. The van der Waals surface area contributed by atoms with Crippen LogP contribution in [0.5, 0.6) is 0 Å². The Morgan fingerprint density at radius 3 is 0.607 bits per heavy atom. The summed E-state index contributed by atoms with van der Waals surface area (Å²) < 4.78 is 4.82. The van der Waals surface area contributed by atoms with Crippen LogP contribution >= 0.6 is 0 Å². The van der Waals surface area contributed by atoms with Crippen molar-refractivity contribution in [3.63, 3.8) is 0 Å². The first-order valence-electron chi connectivity index (χ1n) is 40.1. The highest BCUT2D eigenvalue weighted by atomic mass is 15.1. The molecule has 0 spiro atoms. The maximum Gasteiger partial charge on any atom is 0.166 e. The third-order valence-electron chi connectivity index (χ3n) is 22.6. The van der Waals surface area contributed by atoms with Gasteiger partial charge in [0.15, 0.2) is 34.9 Å². The maximum absolute atomic E-state index is 5.78. The maximum atomic E-state index is 5.78. The van der Waals surface area contributed by atoms with Crippen molar-refractivity contribution >= 4 is 43.6 Å². The summed E-state index contributed by atoms with van der Waals surface area (Å²) in [6, 6.07) is 85.7. The molecule has 0 fully saturated rings. The lowest BCUT2D eigenvalue weighted by molar-refractivity contribution is 0.568. The van der Waals surface area contributed by atoms with Crippen molar-refractivity contribution in [1.82, 2.24) is 39.0 Å². The Morgan fingerprint density at radius 2 is 0.384 bits per heavy atom. The average molecular weight is 1470 g/mol. The summed E-state index contributed by atoms with van der Waals surface area (Å²) in [5.74, 6) is 3.63. The van der Waals surface area contributed by atoms with E-state index in [4.69, 9.17) is 29.9 Å². The molecule has 15 rings (SSSR count). The molecule has 0 N–H and O–H groups in total. The third-order valence-corrected chi connectivity index (χ3v) is 22.6. The van der Waals surface area contributed by atoms with Crippen LogP contribution in [0.15, 0.2) is 231 Å². The van der Waals surface area contributed by atoms with Crippen LogP contribution < -0.4 is 0 Å². The van der Waals surface area contributed by atoms with Crippen molar-refractivity contribution in [2.24, 2.45) is 0 Å². The quantitative estimate of drug-likeness (QED) is 0.136. The van der Waals surface area contributed by atoms with Gasteiger partial charge in [-0.2, -0.15) is 0 Å². The van der Waals surface area contributed by atoms with Gasteiger partial charge in [-0.05, 0) is 213 Å². The Hall–Kier alpha value is -11.0. The van der Waals surface area contributed by atoms with Gasteiger partial charge in [0.1, 0.15) is 0 Å². The average Bonchev–Trinajstić information content (AvgIpc) is 1.63. The van der Waals surface area contributed by atoms with Crippen LogP contribution in [0.25, 0.3) is 146 Å². The Balaban J connectivity index is 0.996. The lowest BCUT2D eigenvalue weighted by atomic mass is 9.79. The number of benzene rings is 11. The molecular formula is C104H110N8. The second kappa shape index (κ2) is 27.5. The summed E-state index contributed by atoms with van der Waals surface area (Å²) >= 11 is 0. The lowest BCUT2D eigenvalue weighted by Gasteiger charge is -2.26. The van der Waals surface area contributed by atoms with E-state index >= 15 is 0 Å². The Kier molecular flexibility index (Phi) is 18.7. The minimum Gasteiger partial charge on any atom is -0.309 e. The van der Waals surface area contributed by atoms with Crippen molar-refractivity contribution in [3.8, 4) is 102 Å². The molecule has 11 aromatic carbocycles. The number of hydrogen-bond donors (Lipinski definition) is 0. The number of para-hydroxylation sites is 4. The zero-order valence-corrected chi connectivity index (χ0v) is 70.5. The third kappa shape index (κ3) is 14.9. The van der Waals surface area contributed by atoms with E-state index in [0.29, 0.717) is 34.9 Å². The van der Waals surface area contributed by atoms with Gasteiger partial charge in [-0.25, -0.2) is 29.9 Å². The topological polar surface area (TPSA) is 87.2 Å². The van der Waals surface area contributed by atoms with Crippen molar-refractivity contribution in [2.45, 2.75) is 209 Å². The van der Waals surface area contributed by atoms with E-state index < -0.39 is 0 Å². The van der Waals surface area contributed by atoms with Crippen molar-refractivity contribution < 1.29 is 0 Å². The molecule has 0 bridgehead atoms. The van der Waals surface area contributed by atoms with Crippen LogP contribution in [0.2, 0.25) is 0 Å². The van der Waals surface area contributed by atoms with E-state index in [-0.39, 0.29) is 43.3 Å². The van der Waals surface area contributed by atoms with Crippen LogP contribution in [0.4, 0.5) is 0 Å². The molecule has 15 aromatic rings. The summed E-state index contributed by atoms with van der Waals surface area (Å²) in [7, 11) is 0. The predicted molar refractivity (Wildman–Crippen MR) is 475 cm³/mol. The molecule has 0 radical (unpaired) electrons. The summed E-state index contributed by atoms with van der Waals surface area (Å²) in [6.45, 7) is 55.0. The van der Waals surface area contributed by atoms with Gasteiger partial charge in [0.2, 0.25) is 0 Å². The van der Waals surface area contributed by atoms with Crippen LogP contribution in [-0.2, 0) is 43.3 Å². The SMILES string of the molecule is CC(C)(C)c1cc(-c2nc(-c3cc(C(C)(C)C)cc(C(C)(C)C)c3)nc(-c3cc(-c4cccc(-c5ccc(-n6c7ccccc7c7ccccc76)c(-c6nc(-c7cc(C(C)(C)C)cc(C(C)(C)C)c7)nc(-c7cc(C(C)(C)C)cc(C(C)(C)C)c7)n6)c5)c4)ccc3-n3c4ccccc4c4ccccc43)n2)cc(C(C)(C)C)c1. The highest BCUT2D eigenvalue weighted by Crippen LogP contribution is 2.46. The number of aromatic nitrogens is 8. The number of rotatable bonds is 10. The first-order chi connectivity index (χ1) is 52.5. The number of nitrogens with zero attached hydrogens (tertiary/aromatic N) is 8. The Labute approximate surface area is 665 Å². The van der Waals surface area contributed by atoms with Gasteiger partial charge in [0.05, 0.1) is 33.4 Å². The summed E-state index contributed by atoms with van der Waals surface area (Å²) in [4.78, 5) is 34.4. The van der Waals surface area contributed by atoms with E-state index in [0.717, 1.165) is 89.1 Å². The molecule has 0 aliphatic rings. The molecule has 566 valence electrons. The Morgan fingerprint density at radius 1 is 0.179 bits per heavy atom. The molecule has 8 heteroatoms. The van der Waals surface area contributed by atoms with Gasteiger partial charge in [0, 0.05) is 54.9 Å². The molecule has 0 aliphatic carbocycles. The number of hydrogen-bond acceptors (Lipinski definition) is 6. The zero-order valence-electron chi connectivity index (χ0n) is 70.5. The smallest absolute Gasteiger partial charge is 0.166 e. The summed E-state index contributed by atoms with van der Waals surface area (Å²) in [5.41, 5.74) is 24.4. The molecule has 8 nitrogen and oxygen atoms in total. The van der Waals surface area contributed by atoms with Gasteiger partial charge in [-0.3, -0.25) is 0 Å². The van der Waals surface area contributed by atoms with Crippen LogP contribution in [0, 0.1) is 0 Å². The van der Waals surface area contributed by atoms with Gasteiger partial charge >= 0.3 is 0 Å². The minimum absolute atomic E-state index is 0.161. The van der Waals surface area contributed by atoms with E-state index in [9.17, 15) is 0 Å². The fourth-order valence-electron chi connectivity index (χ4n) is 15.4. The molecule has 4 heterocycles. The predicted octanol–water partition coefficient (Wildman–Crippen LogP) is 28.0. The summed E-state index contributed by atoms with van der Waals surface area (Å²) in [6.07, 6.45) is 0. The van der Waals surface area contributed by atoms with Gasteiger partial charge < -0.3 is 9.13 Å². The lowest BCUT2D eigenvalue weighted by Crippen LogP contribution is -2.17. The van der Waals surface area contributed by atoms with Crippen molar-refractivity contribution in [1.29, 1.82) is 0 Å². The molecular weight excluding hydrogens is 1360 g/mol. The van der Waals surface area contributed by atoms with Gasteiger partial charge in [-0.1, -0.05) is 294 Å². The standard InChI is InChI=1S/C104H110N8/c1-97(2,3)71-49-67(50-72(59-71)98(4,5)6)91-105-92(68-51-73(99(7,8)9)60-74(52-68)100(10,11)12)108-95(107-91)83-57-65(44-46-89(83)111-85-40-29-25-36-79(85)80-37-26-30-41-86(80)111)63-34-33-35-64(48-63)66-45-47-90(112-87-42-31-27-38-81(87)82-39-28-32-43-88(82)112)84(58-66)96-109-93(69-53-75(101(13,14)15)61-76(54-69)102(16,17)18)106-94(110-96)70-55-77(103(19,20)21)62-78(56-70)104(22,23)24/h25-62H,1-24H3. The fourth-order valence-corrected chi connectivity index (χ4v) is 15.4. The monoisotopic (exact) mass is 1470 g/mol. The van der Waals surface area contributed by atoms with E-state index in [1.54, 1.807) is 0 Å². The molecule has 112 heavy (non-hydrogen) atoms. The van der Waals surface area contributed by atoms with Crippen molar-refractivity contribution in [2.75, 3.05) is 0 Å². The summed E-state index contributed by atoms with van der Waals surface area (Å²) in [5, 5.41) is 4.67. The molecule has 4 aromatic heterocycles. The Bertz CT molecular complexity index is 5410. The minimum atomic E-state index is -0.161. The highest BCUT2D eigenvalue weighted by Gasteiger charge is 2.31. The van der Waals surface area contributed by atoms with E-state index in [1.165, 1.54) is 66.1 Å². The van der Waals surface area contributed by atoms with Crippen LogP contribution in [-0.4, -0.2) is 39.0 Å². The molecule has 0 amide bonds. The molecule has 0 saturated heterocycles. The zero-order chi connectivity index (χ0) is 79.9. The first kappa shape index (κ1) is 76.4. The van der Waals surface area contributed by atoms with Crippen LogP contribution in [0.3, 0.4) is 0 Å². The molecule has 0 saturated carbocycles. The molecule has 0 unspecified atom stereocenters. The largest absolute Gasteiger partial charge is 0.309 e. The van der Waals surface area contributed by atoms with E-state index in [2.05, 4.69) is 406 Å². The van der Waals surface area contributed by atoms with E-state index in [1.807, 2.05) is 0 Å². The second-order valence-electron chi connectivity index (χ2n) is 39.6. The highest BCUT2D eigenvalue weighted by molar-refractivity contribution is 6.11. The second-order valence-corrected chi connectivity index (χ2v) is 39.6. The molecule has 0 aliphatic heterocycles. The fraction of sp³-hybridized carbons (Fsp3) is 0.308. The molecule has 0 atom stereocenters. The van der Waals surface area contributed by atoms with Gasteiger partial charge in [-0.15, -0.1) is 0 Å². The first-order valence-corrected chi connectivity index (χ1v) is 40.1. The van der Waals surface area contributed by atoms with Crippen LogP contribution in [0.1, 0.15) is 211 Å². The van der Waals surface area contributed by atoms with Crippen molar-refractivity contribution in [3.05, 3.63) is 275 Å².